The zero-order chi connectivity index (χ0) is 24.8. The maximum atomic E-state index is 13.7. The summed E-state index contributed by atoms with van der Waals surface area (Å²) in [6.45, 7) is 5.21. The Morgan fingerprint density at radius 1 is 0.914 bits per heavy atom. The average molecular weight is 469 g/mol. The van der Waals surface area contributed by atoms with Crippen molar-refractivity contribution in [1.29, 1.82) is 0 Å². The van der Waals surface area contributed by atoms with Gasteiger partial charge in [-0.05, 0) is 47.6 Å². The number of guanidine groups is 1. The second kappa shape index (κ2) is 10.6. The molecule has 35 heavy (non-hydrogen) atoms. The molecule has 6 nitrogen and oxygen atoms in total. The van der Waals surface area contributed by atoms with Crippen LogP contribution < -0.4 is 11.1 Å². The van der Waals surface area contributed by atoms with E-state index >= 15 is 0 Å². The summed E-state index contributed by atoms with van der Waals surface area (Å²) in [6.07, 6.45) is 1.41. The van der Waals surface area contributed by atoms with Crippen LogP contribution in [0.4, 0.5) is 0 Å². The highest BCUT2D eigenvalue weighted by Crippen LogP contribution is 2.39. The van der Waals surface area contributed by atoms with Gasteiger partial charge in [0.05, 0.1) is 0 Å². The van der Waals surface area contributed by atoms with Crippen LogP contribution in [0.2, 0.25) is 0 Å². The maximum Gasteiger partial charge on any atom is 0.266 e. The Hall–Kier alpha value is -3.93. The first-order chi connectivity index (χ1) is 16.9. The van der Waals surface area contributed by atoms with Crippen molar-refractivity contribution in [2.75, 3.05) is 13.1 Å². The van der Waals surface area contributed by atoms with E-state index in [-0.39, 0.29) is 17.8 Å². The van der Waals surface area contributed by atoms with Gasteiger partial charge < -0.3 is 11.1 Å². The molecule has 0 bridgehead atoms. The Morgan fingerprint density at radius 2 is 1.49 bits per heavy atom. The minimum Gasteiger partial charge on any atom is -0.369 e. The topological polar surface area (TPSA) is 87.8 Å². The van der Waals surface area contributed by atoms with Crippen molar-refractivity contribution in [3.8, 4) is 0 Å². The lowest BCUT2D eigenvalue weighted by Gasteiger charge is -2.27. The Kier molecular flexibility index (Phi) is 7.30. The molecule has 0 aromatic heterocycles. The summed E-state index contributed by atoms with van der Waals surface area (Å²) < 4.78 is 0. The van der Waals surface area contributed by atoms with Gasteiger partial charge in [0.15, 0.2) is 11.5 Å². The highest BCUT2D eigenvalue weighted by atomic mass is 16.2. The number of nitrogens with two attached hydrogens (primary N) is 1. The van der Waals surface area contributed by atoms with Gasteiger partial charge in [-0.1, -0.05) is 86.6 Å². The Labute approximate surface area is 206 Å². The van der Waals surface area contributed by atoms with Gasteiger partial charge in [0, 0.05) is 18.7 Å². The summed E-state index contributed by atoms with van der Waals surface area (Å²) in [5, 5.41) is 2.96. The van der Waals surface area contributed by atoms with Crippen molar-refractivity contribution >= 4 is 17.8 Å². The first-order valence-corrected chi connectivity index (χ1v) is 12.1. The molecule has 0 atom stereocenters. The molecule has 1 heterocycles. The van der Waals surface area contributed by atoms with Crippen LogP contribution in [0.3, 0.4) is 0 Å². The first-order valence-electron chi connectivity index (χ1n) is 12.1. The fourth-order valence-electron chi connectivity index (χ4n) is 4.42. The molecular weight excluding hydrogens is 436 g/mol. The molecule has 0 radical (unpaired) electrons. The van der Waals surface area contributed by atoms with E-state index in [9.17, 15) is 9.59 Å². The molecule has 3 N–H and O–H groups in total. The number of nitrogens with zero attached hydrogens (tertiary/aromatic N) is 2. The third kappa shape index (κ3) is 4.97. The first kappa shape index (κ1) is 24.2. The second-order valence-corrected chi connectivity index (χ2v) is 9.11. The number of unbranched alkanes of at least 4 members (excludes halogenated alkanes) is 1. The summed E-state index contributed by atoms with van der Waals surface area (Å²) in [7, 11) is 0. The van der Waals surface area contributed by atoms with E-state index in [0.29, 0.717) is 31.0 Å². The van der Waals surface area contributed by atoms with E-state index in [1.54, 1.807) is 4.90 Å². The lowest BCUT2D eigenvalue weighted by Crippen LogP contribution is -2.44. The van der Waals surface area contributed by atoms with Crippen molar-refractivity contribution < 1.29 is 9.59 Å². The van der Waals surface area contributed by atoms with E-state index in [1.807, 2.05) is 84.9 Å². The number of nitrogens with one attached hydrogen (secondary N) is 1. The van der Waals surface area contributed by atoms with E-state index in [0.717, 1.165) is 17.5 Å². The van der Waals surface area contributed by atoms with Gasteiger partial charge in [0.2, 0.25) is 0 Å². The van der Waals surface area contributed by atoms with Crippen LogP contribution in [0, 0.1) is 0 Å². The average Bonchev–Trinajstić information content (AvgIpc) is 3.15. The van der Waals surface area contributed by atoms with Crippen LogP contribution in [-0.2, 0) is 10.3 Å². The number of amides is 2. The highest BCUT2D eigenvalue weighted by molar-refractivity contribution is 6.09. The number of rotatable bonds is 9. The van der Waals surface area contributed by atoms with Crippen molar-refractivity contribution in [3.05, 3.63) is 107 Å². The lowest BCUT2D eigenvalue weighted by atomic mass is 9.83. The summed E-state index contributed by atoms with van der Waals surface area (Å²) in [4.78, 5) is 32.4. The van der Waals surface area contributed by atoms with Gasteiger partial charge in [0.1, 0.15) is 0 Å². The Morgan fingerprint density at radius 3 is 2.03 bits per heavy atom. The van der Waals surface area contributed by atoms with Gasteiger partial charge in [-0.2, -0.15) is 0 Å². The summed E-state index contributed by atoms with van der Waals surface area (Å²) in [6, 6.07) is 26.8. The molecule has 1 aliphatic heterocycles. The molecule has 6 heteroatoms. The van der Waals surface area contributed by atoms with Crippen molar-refractivity contribution in [3.63, 3.8) is 0 Å². The number of carbonyl (C=O) groups excluding carboxylic acids is 2. The molecule has 0 spiro atoms. The largest absolute Gasteiger partial charge is 0.369 e. The molecule has 0 unspecified atom stereocenters. The van der Waals surface area contributed by atoms with Gasteiger partial charge >= 0.3 is 0 Å². The zero-order valence-electron chi connectivity index (χ0n) is 20.3. The molecule has 0 saturated heterocycles. The van der Waals surface area contributed by atoms with Crippen molar-refractivity contribution in [1.82, 2.24) is 10.2 Å². The van der Waals surface area contributed by atoms with Crippen LogP contribution in [0.5, 0.6) is 0 Å². The molecule has 2 amide bonds. The quantitative estimate of drug-likeness (QED) is 0.456. The van der Waals surface area contributed by atoms with E-state index in [4.69, 9.17) is 10.7 Å². The number of aliphatic imine (C=N–C) groups is 1. The summed E-state index contributed by atoms with van der Waals surface area (Å²) in [5.41, 5.74) is 8.53. The third-order valence-electron chi connectivity index (χ3n) is 6.43. The SMILES string of the molecule is CC(C)c1ccc(C(=O)NCCCCN2C(=O)C(c3ccccc3)(c3ccccc3)N=C2N)cc1. The van der Waals surface area contributed by atoms with Gasteiger partial charge in [0.25, 0.3) is 11.8 Å². The van der Waals surface area contributed by atoms with Crippen molar-refractivity contribution in [2.45, 2.75) is 38.1 Å². The minimum atomic E-state index is -1.18. The van der Waals surface area contributed by atoms with Crippen LogP contribution in [0.25, 0.3) is 0 Å². The summed E-state index contributed by atoms with van der Waals surface area (Å²) >= 11 is 0. The molecule has 1 aliphatic rings. The zero-order valence-corrected chi connectivity index (χ0v) is 20.3. The highest BCUT2D eigenvalue weighted by Gasteiger charge is 2.50. The number of hydrogen-bond donors (Lipinski definition) is 2. The molecule has 0 aliphatic carbocycles. The predicted octanol–water partition coefficient (Wildman–Crippen LogP) is 4.42. The fraction of sp³-hybridized carbons (Fsp3) is 0.276. The molecule has 0 saturated carbocycles. The summed E-state index contributed by atoms with van der Waals surface area (Å²) in [5.74, 6) is 0.406. The Bertz CT molecular complexity index is 1150. The molecule has 3 aromatic rings. The van der Waals surface area contributed by atoms with Crippen molar-refractivity contribution in [2.24, 2.45) is 10.7 Å². The minimum absolute atomic E-state index is 0.0918. The molecule has 180 valence electrons. The van der Waals surface area contributed by atoms with Crippen LogP contribution in [-0.4, -0.2) is 35.8 Å². The van der Waals surface area contributed by atoms with Gasteiger partial charge in [-0.15, -0.1) is 0 Å². The second-order valence-electron chi connectivity index (χ2n) is 9.11. The van der Waals surface area contributed by atoms with E-state index < -0.39 is 5.54 Å². The van der Waals surface area contributed by atoms with Gasteiger partial charge in [-0.25, -0.2) is 4.99 Å². The fourth-order valence-corrected chi connectivity index (χ4v) is 4.42. The molecular formula is C29H32N4O2. The smallest absolute Gasteiger partial charge is 0.266 e. The van der Waals surface area contributed by atoms with Gasteiger partial charge in [-0.3, -0.25) is 14.5 Å². The maximum absolute atomic E-state index is 13.7. The normalized spacial score (nSPS) is 14.8. The number of carbonyl (C=O) groups is 2. The molecule has 3 aromatic carbocycles. The molecule has 0 fully saturated rings. The lowest BCUT2D eigenvalue weighted by molar-refractivity contribution is -0.130. The standard InChI is InChI=1S/C29H32N4O2/c1-21(2)22-15-17-23(18-16-22)26(34)31-19-9-10-20-33-27(35)29(32-28(33)30,24-11-5-3-6-12-24)25-13-7-4-8-14-25/h3-8,11-18,21H,9-10,19-20H2,1-2H3,(H2,30,32)(H,31,34). The van der Waals surface area contributed by atoms with E-state index in [2.05, 4.69) is 19.2 Å². The van der Waals surface area contributed by atoms with Crippen LogP contribution >= 0.6 is 0 Å². The molecule has 4 rings (SSSR count). The van der Waals surface area contributed by atoms with Crippen LogP contribution in [0.1, 0.15) is 59.7 Å². The van der Waals surface area contributed by atoms with Crippen LogP contribution in [0.15, 0.2) is 89.9 Å². The van der Waals surface area contributed by atoms with E-state index in [1.165, 1.54) is 5.56 Å². The number of hydrogen-bond acceptors (Lipinski definition) is 4. The number of benzene rings is 3. The Balaban J connectivity index is 1.37. The monoisotopic (exact) mass is 468 g/mol. The third-order valence-corrected chi connectivity index (χ3v) is 6.43. The predicted molar refractivity (Wildman–Crippen MR) is 139 cm³/mol.